The predicted octanol–water partition coefficient (Wildman–Crippen LogP) is 3.08. The first-order valence-electron chi connectivity index (χ1n) is 6.34. The Morgan fingerprint density at radius 2 is 2.40 bits per heavy atom. The maximum absolute atomic E-state index is 11.7. The van der Waals surface area contributed by atoms with Crippen molar-refractivity contribution in [2.45, 2.75) is 19.9 Å². The summed E-state index contributed by atoms with van der Waals surface area (Å²) < 4.78 is 4.97. The van der Waals surface area contributed by atoms with Crippen molar-refractivity contribution in [3.05, 3.63) is 41.0 Å². The molecule has 3 N–H and O–H groups in total. The minimum absolute atomic E-state index is 0.0804. The van der Waals surface area contributed by atoms with Gasteiger partial charge in [-0.05, 0) is 31.5 Å². The highest BCUT2D eigenvalue weighted by Crippen LogP contribution is 2.32. The number of hydrogen-bond donors (Lipinski definition) is 2. The Bertz CT molecular complexity index is 583. The van der Waals surface area contributed by atoms with E-state index in [0.717, 1.165) is 10.6 Å². The standard InChI is InChI=1S/C14H17N3O2S/c1-3-19-14(18)13-11(15)7-12(20-13)17-9(2)10-5-4-6-16-8-10/h4-9,17H,3,15H2,1-2H3. The third kappa shape index (κ3) is 3.27. The van der Waals surface area contributed by atoms with E-state index in [9.17, 15) is 4.79 Å². The zero-order valence-corrected chi connectivity index (χ0v) is 12.2. The van der Waals surface area contributed by atoms with Gasteiger partial charge >= 0.3 is 5.97 Å². The number of nitrogens with two attached hydrogens (primary N) is 1. The monoisotopic (exact) mass is 291 g/mol. The quantitative estimate of drug-likeness (QED) is 0.828. The Kier molecular flexibility index (Phi) is 4.57. The van der Waals surface area contributed by atoms with Gasteiger partial charge in [0.25, 0.3) is 0 Å². The number of nitrogens with one attached hydrogen (secondary N) is 1. The van der Waals surface area contributed by atoms with Crippen molar-refractivity contribution < 1.29 is 9.53 Å². The first-order chi connectivity index (χ1) is 9.61. The van der Waals surface area contributed by atoms with Crippen LogP contribution in [0, 0.1) is 0 Å². The van der Waals surface area contributed by atoms with E-state index >= 15 is 0 Å². The van der Waals surface area contributed by atoms with Crippen LogP contribution in [0.5, 0.6) is 0 Å². The molecule has 0 bridgehead atoms. The van der Waals surface area contributed by atoms with Crippen LogP contribution in [0.1, 0.15) is 35.1 Å². The third-order valence-corrected chi connectivity index (χ3v) is 3.83. The van der Waals surface area contributed by atoms with Gasteiger partial charge in [0.05, 0.1) is 23.3 Å². The van der Waals surface area contributed by atoms with Gasteiger partial charge in [0.15, 0.2) is 0 Å². The molecule has 2 rings (SSSR count). The Labute approximate surface area is 121 Å². The van der Waals surface area contributed by atoms with E-state index in [4.69, 9.17) is 10.5 Å². The summed E-state index contributed by atoms with van der Waals surface area (Å²) in [7, 11) is 0. The maximum atomic E-state index is 11.7. The van der Waals surface area contributed by atoms with E-state index in [-0.39, 0.29) is 12.0 Å². The van der Waals surface area contributed by atoms with E-state index in [2.05, 4.69) is 10.3 Å². The van der Waals surface area contributed by atoms with Crippen molar-refractivity contribution in [1.82, 2.24) is 4.98 Å². The molecule has 0 aliphatic rings. The molecule has 2 heterocycles. The molecule has 20 heavy (non-hydrogen) atoms. The highest BCUT2D eigenvalue weighted by molar-refractivity contribution is 7.18. The number of carbonyl (C=O) groups is 1. The van der Waals surface area contributed by atoms with Gasteiger partial charge in [-0.15, -0.1) is 11.3 Å². The molecule has 0 spiro atoms. The molecule has 2 aromatic rings. The topological polar surface area (TPSA) is 77.2 Å². The van der Waals surface area contributed by atoms with Crippen molar-refractivity contribution in [1.29, 1.82) is 0 Å². The molecule has 0 aliphatic carbocycles. The molecule has 1 unspecified atom stereocenters. The molecule has 0 radical (unpaired) electrons. The van der Waals surface area contributed by atoms with Crippen LogP contribution in [0.25, 0.3) is 0 Å². The molecule has 0 fully saturated rings. The molecule has 0 aromatic carbocycles. The predicted molar refractivity (Wildman–Crippen MR) is 81.0 cm³/mol. The fourth-order valence-corrected chi connectivity index (χ4v) is 2.72. The van der Waals surface area contributed by atoms with Gasteiger partial charge in [0.2, 0.25) is 0 Å². The highest BCUT2D eigenvalue weighted by atomic mass is 32.1. The van der Waals surface area contributed by atoms with Crippen LogP contribution < -0.4 is 11.1 Å². The number of anilines is 2. The van der Waals surface area contributed by atoms with E-state index in [1.165, 1.54) is 11.3 Å². The molecule has 106 valence electrons. The van der Waals surface area contributed by atoms with Crippen molar-refractivity contribution in [2.75, 3.05) is 17.7 Å². The molecule has 0 saturated carbocycles. The van der Waals surface area contributed by atoms with Crippen LogP contribution in [-0.2, 0) is 4.74 Å². The number of pyridine rings is 1. The number of aromatic nitrogens is 1. The second kappa shape index (κ2) is 6.38. The Morgan fingerprint density at radius 1 is 1.60 bits per heavy atom. The Balaban J connectivity index is 2.11. The zero-order chi connectivity index (χ0) is 14.5. The van der Waals surface area contributed by atoms with Gasteiger partial charge in [-0.25, -0.2) is 4.79 Å². The van der Waals surface area contributed by atoms with Crippen LogP contribution in [0.15, 0.2) is 30.6 Å². The summed E-state index contributed by atoms with van der Waals surface area (Å²) in [5, 5.41) is 4.14. The maximum Gasteiger partial charge on any atom is 0.350 e. The van der Waals surface area contributed by atoms with E-state index in [0.29, 0.717) is 17.2 Å². The molecule has 0 aliphatic heterocycles. The molecule has 6 heteroatoms. The first-order valence-corrected chi connectivity index (χ1v) is 7.16. The highest BCUT2D eigenvalue weighted by Gasteiger charge is 2.16. The van der Waals surface area contributed by atoms with Crippen LogP contribution in [0.4, 0.5) is 10.7 Å². The van der Waals surface area contributed by atoms with Gasteiger partial charge in [-0.2, -0.15) is 0 Å². The number of ether oxygens (including phenoxy) is 1. The number of nitrogens with zero attached hydrogens (tertiary/aromatic N) is 1. The number of thiophene rings is 1. The summed E-state index contributed by atoms with van der Waals surface area (Å²) in [6.45, 7) is 4.13. The summed E-state index contributed by atoms with van der Waals surface area (Å²) in [6.07, 6.45) is 3.54. The summed E-state index contributed by atoms with van der Waals surface area (Å²) in [5.74, 6) is -0.378. The lowest BCUT2D eigenvalue weighted by molar-refractivity contribution is 0.0533. The first kappa shape index (κ1) is 14.3. The average Bonchev–Trinajstić information content (AvgIpc) is 2.81. The van der Waals surface area contributed by atoms with Crippen molar-refractivity contribution in [2.24, 2.45) is 0 Å². The molecule has 5 nitrogen and oxygen atoms in total. The molecule has 0 amide bonds. The van der Waals surface area contributed by atoms with Gasteiger partial charge in [-0.1, -0.05) is 6.07 Å². The van der Waals surface area contributed by atoms with Crippen molar-refractivity contribution in [3.8, 4) is 0 Å². The summed E-state index contributed by atoms with van der Waals surface area (Å²) in [5.41, 5.74) is 7.35. The minimum Gasteiger partial charge on any atom is -0.462 e. The smallest absolute Gasteiger partial charge is 0.350 e. The van der Waals surface area contributed by atoms with Crippen LogP contribution in [-0.4, -0.2) is 17.6 Å². The SMILES string of the molecule is CCOC(=O)c1sc(NC(C)c2cccnc2)cc1N. The largest absolute Gasteiger partial charge is 0.462 e. The fourth-order valence-electron chi connectivity index (χ4n) is 1.76. The number of nitrogen functional groups attached to an aromatic ring is 1. The number of hydrogen-bond acceptors (Lipinski definition) is 6. The summed E-state index contributed by atoms with van der Waals surface area (Å²) in [4.78, 5) is 16.2. The lowest BCUT2D eigenvalue weighted by atomic mass is 10.1. The third-order valence-electron chi connectivity index (χ3n) is 2.76. The molecule has 1 atom stereocenters. The molecular formula is C14H17N3O2S. The number of esters is 1. The van der Waals surface area contributed by atoms with E-state index < -0.39 is 0 Å². The van der Waals surface area contributed by atoms with E-state index in [1.807, 2.05) is 19.1 Å². The van der Waals surface area contributed by atoms with E-state index in [1.54, 1.807) is 25.4 Å². The molecular weight excluding hydrogens is 274 g/mol. The Hall–Kier alpha value is -2.08. The molecule has 0 saturated heterocycles. The van der Waals surface area contributed by atoms with Crippen LogP contribution >= 0.6 is 11.3 Å². The second-order valence-corrected chi connectivity index (χ2v) is 5.32. The normalized spacial score (nSPS) is 11.9. The number of rotatable bonds is 5. The summed E-state index contributed by atoms with van der Waals surface area (Å²) >= 11 is 1.30. The van der Waals surface area contributed by atoms with Crippen LogP contribution in [0.2, 0.25) is 0 Å². The fraction of sp³-hybridized carbons (Fsp3) is 0.286. The minimum atomic E-state index is -0.378. The van der Waals surface area contributed by atoms with Crippen LogP contribution in [0.3, 0.4) is 0 Å². The van der Waals surface area contributed by atoms with Crippen molar-refractivity contribution in [3.63, 3.8) is 0 Å². The molecule has 2 aromatic heterocycles. The number of carbonyl (C=O) groups excluding carboxylic acids is 1. The Morgan fingerprint density at radius 3 is 3.05 bits per heavy atom. The van der Waals surface area contributed by atoms with Gasteiger partial charge < -0.3 is 15.8 Å². The average molecular weight is 291 g/mol. The van der Waals surface area contributed by atoms with Gasteiger partial charge in [0, 0.05) is 12.4 Å². The summed E-state index contributed by atoms with van der Waals surface area (Å²) in [6, 6.07) is 5.72. The lowest BCUT2D eigenvalue weighted by Gasteiger charge is -2.13. The van der Waals surface area contributed by atoms with Gasteiger partial charge in [0.1, 0.15) is 4.88 Å². The van der Waals surface area contributed by atoms with Crippen molar-refractivity contribution >= 4 is 28.0 Å². The van der Waals surface area contributed by atoms with Gasteiger partial charge in [-0.3, -0.25) is 4.98 Å². The lowest BCUT2D eigenvalue weighted by Crippen LogP contribution is -2.05. The zero-order valence-electron chi connectivity index (χ0n) is 11.4. The second-order valence-electron chi connectivity index (χ2n) is 4.27.